The van der Waals surface area contributed by atoms with Gasteiger partial charge < -0.3 is 4.74 Å². The number of fused-ring (bicyclic) bond motifs is 1. The highest BCUT2D eigenvalue weighted by Gasteiger charge is 2.46. The summed E-state index contributed by atoms with van der Waals surface area (Å²) >= 11 is 0. The van der Waals surface area contributed by atoms with Crippen molar-refractivity contribution >= 4 is 21.5 Å². The summed E-state index contributed by atoms with van der Waals surface area (Å²) in [6, 6.07) is 6.74. The number of nitrogens with one attached hydrogen (secondary N) is 1. The van der Waals surface area contributed by atoms with Crippen LogP contribution in [0.25, 0.3) is 11.1 Å². The fourth-order valence-electron chi connectivity index (χ4n) is 2.47. The average molecular weight is 389 g/mol. The Kier molecular flexibility index (Phi) is 4.39. The normalized spacial score (nSPS) is 14.5. The second-order valence-corrected chi connectivity index (χ2v) is 7.15. The maximum atomic E-state index is 13.6. The van der Waals surface area contributed by atoms with Crippen molar-refractivity contribution < 1.29 is 35.5 Å². The van der Waals surface area contributed by atoms with Gasteiger partial charge in [0, 0.05) is 12.0 Å². The van der Waals surface area contributed by atoms with E-state index in [9.17, 15) is 30.8 Å². The summed E-state index contributed by atoms with van der Waals surface area (Å²) in [7, 11) is -5.68. The molecule has 3 rings (SSSR count). The van der Waals surface area contributed by atoms with E-state index in [-0.39, 0.29) is 35.7 Å². The van der Waals surface area contributed by atoms with Gasteiger partial charge in [-0.3, -0.25) is 9.52 Å². The first-order valence-corrected chi connectivity index (χ1v) is 8.76. The molecule has 10 heteroatoms. The van der Waals surface area contributed by atoms with Crippen LogP contribution in [0, 0.1) is 5.82 Å². The number of hydrogen-bond donors (Lipinski definition) is 1. The number of carbonyl (C=O) groups excluding carboxylic acids is 1. The maximum Gasteiger partial charge on any atom is 0.516 e. The first-order chi connectivity index (χ1) is 12.1. The first kappa shape index (κ1) is 18.2. The lowest BCUT2D eigenvalue weighted by atomic mass is 9.98. The second kappa shape index (κ2) is 6.27. The van der Waals surface area contributed by atoms with E-state index in [1.54, 1.807) is 0 Å². The van der Waals surface area contributed by atoms with E-state index in [1.165, 1.54) is 22.9 Å². The SMILES string of the molecule is O=C1CCOc2cc(-c3cc(F)ccc3NS(=O)(=O)C(F)(F)F)ccc21. The van der Waals surface area contributed by atoms with Crippen LogP contribution in [0.5, 0.6) is 5.75 Å². The molecule has 0 aromatic heterocycles. The van der Waals surface area contributed by atoms with Gasteiger partial charge in [-0.25, -0.2) is 4.39 Å². The molecule has 0 fully saturated rings. The van der Waals surface area contributed by atoms with Crippen molar-refractivity contribution in [1.82, 2.24) is 0 Å². The van der Waals surface area contributed by atoms with E-state index >= 15 is 0 Å². The quantitative estimate of drug-likeness (QED) is 0.813. The van der Waals surface area contributed by atoms with Crippen LogP contribution in [-0.2, 0) is 10.0 Å². The molecule has 0 unspecified atom stereocenters. The van der Waals surface area contributed by atoms with Crippen molar-refractivity contribution in [2.45, 2.75) is 11.9 Å². The van der Waals surface area contributed by atoms with Crippen molar-refractivity contribution in [3.05, 3.63) is 47.8 Å². The zero-order valence-corrected chi connectivity index (χ0v) is 13.7. The Morgan fingerprint density at radius 1 is 1.04 bits per heavy atom. The Morgan fingerprint density at radius 3 is 2.46 bits per heavy atom. The number of alkyl halides is 3. The maximum absolute atomic E-state index is 13.6. The number of ketones is 1. The van der Waals surface area contributed by atoms with Crippen LogP contribution in [0.4, 0.5) is 23.2 Å². The van der Waals surface area contributed by atoms with Crippen molar-refractivity contribution in [2.24, 2.45) is 0 Å². The predicted octanol–water partition coefficient (Wildman–Crippen LogP) is 3.72. The Bertz CT molecular complexity index is 986. The van der Waals surface area contributed by atoms with Gasteiger partial charge in [0.05, 0.1) is 17.9 Å². The lowest BCUT2D eigenvalue weighted by molar-refractivity contribution is -0.0429. The molecule has 1 heterocycles. The van der Waals surface area contributed by atoms with Crippen molar-refractivity contribution in [1.29, 1.82) is 0 Å². The van der Waals surface area contributed by atoms with Gasteiger partial charge in [-0.1, -0.05) is 6.07 Å². The monoisotopic (exact) mass is 389 g/mol. The van der Waals surface area contributed by atoms with Gasteiger partial charge in [0.2, 0.25) is 0 Å². The molecule has 2 aromatic rings. The van der Waals surface area contributed by atoms with Gasteiger partial charge in [0.25, 0.3) is 0 Å². The summed E-state index contributed by atoms with van der Waals surface area (Å²) in [4.78, 5) is 11.8. The van der Waals surface area contributed by atoms with Crippen LogP contribution in [0.2, 0.25) is 0 Å². The number of benzene rings is 2. The largest absolute Gasteiger partial charge is 0.516 e. The zero-order valence-electron chi connectivity index (χ0n) is 12.9. The number of anilines is 1. The molecule has 1 aliphatic heterocycles. The third-order valence-corrected chi connectivity index (χ3v) is 4.81. The van der Waals surface area contributed by atoms with Crippen LogP contribution < -0.4 is 9.46 Å². The van der Waals surface area contributed by atoms with E-state index < -0.39 is 27.0 Å². The Labute approximate surface area is 145 Å². The lowest BCUT2D eigenvalue weighted by Gasteiger charge is -2.18. The molecule has 1 aliphatic rings. The molecular weight excluding hydrogens is 378 g/mol. The van der Waals surface area contributed by atoms with Gasteiger partial charge >= 0.3 is 15.5 Å². The first-order valence-electron chi connectivity index (χ1n) is 7.27. The number of rotatable bonds is 3. The van der Waals surface area contributed by atoms with Gasteiger partial charge in [-0.15, -0.1) is 0 Å². The number of hydrogen-bond acceptors (Lipinski definition) is 4. The molecule has 138 valence electrons. The highest BCUT2D eigenvalue weighted by molar-refractivity contribution is 7.93. The van der Waals surface area contributed by atoms with Crippen LogP contribution >= 0.6 is 0 Å². The van der Waals surface area contributed by atoms with Gasteiger partial charge in [0.15, 0.2) is 5.78 Å². The predicted molar refractivity (Wildman–Crippen MR) is 84.9 cm³/mol. The van der Waals surface area contributed by atoms with Gasteiger partial charge in [0.1, 0.15) is 11.6 Å². The van der Waals surface area contributed by atoms with Crippen LogP contribution in [0.3, 0.4) is 0 Å². The molecule has 0 radical (unpaired) electrons. The van der Waals surface area contributed by atoms with E-state index in [0.717, 1.165) is 18.2 Å². The topological polar surface area (TPSA) is 72.5 Å². The third-order valence-electron chi connectivity index (χ3n) is 3.71. The second-order valence-electron chi connectivity index (χ2n) is 5.47. The fourth-order valence-corrected chi connectivity index (χ4v) is 3.06. The minimum atomic E-state index is -5.68. The smallest absolute Gasteiger partial charge is 0.492 e. The molecule has 0 aliphatic carbocycles. The summed E-state index contributed by atoms with van der Waals surface area (Å²) < 4.78 is 81.0. The Hall–Kier alpha value is -2.62. The Balaban J connectivity index is 2.09. The Morgan fingerprint density at radius 2 is 1.77 bits per heavy atom. The number of carbonyl (C=O) groups is 1. The van der Waals surface area contributed by atoms with Crippen LogP contribution in [-0.4, -0.2) is 26.3 Å². The minimum absolute atomic E-state index is 0.123. The zero-order chi connectivity index (χ0) is 19.1. The molecule has 5 nitrogen and oxygen atoms in total. The van der Waals surface area contributed by atoms with E-state index in [2.05, 4.69) is 0 Å². The number of halogens is 4. The van der Waals surface area contributed by atoms with Crippen LogP contribution in [0.15, 0.2) is 36.4 Å². The van der Waals surface area contributed by atoms with Crippen molar-refractivity contribution in [2.75, 3.05) is 11.3 Å². The molecule has 0 atom stereocenters. The van der Waals surface area contributed by atoms with Crippen molar-refractivity contribution in [3.8, 4) is 16.9 Å². The molecule has 0 spiro atoms. The summed E-state index contributed by atoms with van der Waals surface area (Å²) in [5.74, 6) is -0.729. The van der Waals surface area contributed by atoms with Crippen molar-refractivity contribution in [3.63, 3.8) is 0 Å². The third kappa shape index (κ3) is 3.36. The number of sulfonamides is 1. The van der Waals surface area contributed by atoms with Crippen LogP contribution in [0.1, 0.15) is 16.8 Å². The number of ether oxygens (including phenoxy) is 1. The van der Waals surface area contributed by atoms with E-state index in [0.29, 0.717) is 5.56 Å². The average Bonchev–Trinajstić information content (AvgIpc) is 2.55. The minimum Gasteiger partial charge on any atom is -0.492 e. The molecule has 2 aromatic carbocycles. The fraction of sp³-hybridized carbons (Fsp3) is 0.188. The molecular formula is C16H11F4NO4S. The summed E-state index contributed by atoms with van der Waals surface area (Å²) in [5.41, 5.74) is -5.61. The van der Waals surface area contributed by atoms with Gasteiger partial charge in [-0.2, -0.15) is 21.6 Å². The van der Waals surface area contributed by atoms with E-state index in [4.69, 9.17) is 4.74 Å². The molecule has 26 heavy (non-hydrogen) atoms. The standard InChI is InChI=1S/C16H11F4NO4S/c17-10-2-4-13(21-26(23,24)16(18,19)20)12(8-10)9-1-3-11-14(22)5-6-25-15(11)7-9/h1-4,7-8,21H,5-6H2. The molecule has 0 saturated heterocycles. The molecule has 0 amide bonds. The summed E-state index contributed by atoms with van der Waals surface area (Å²) in [6.07, 6.45) is 0.197. The molecule has 1 N–H and O–H groups in total. The van der Waals surface area contributed by atoms with E-state index in [1.807, 2.05) is 0 Å². The number of Topliss-reactive ketones (excluding diaryl/α,β-unsaturated/α-hetero) is 1. The summed E-state index contributed by atoms with van der Waals surface area (Å²) in [5, 5.41) is 0. The summed E-state index contributed by atoms with van der Waals surface area (Å²) in [6.45, 7) is 0.145. The molecule has 0 bridgehead atoms. The lowest BCUT2D eigenvalue weighted by Crippen LogP contribution is -2.30. The highest BCUT2D eigenvalue weighted by Crippen LogP contribution is 2.36. The van der Waals surface area contributed by atoms with Gasteiger partial charge in [-0.05, 0) is 35.9 Å². The molecule has 0 saturated carbocycles. The highest BCUT2D eigenvalue weighted by atomic mass is 32.2.